The van der Waals surface area contributed by atoms with Crippen LogP contribution in [0.1, 0.15) is 38.3 Å². The highest BCUT2D eigenvalue weighted by molar-refractivity contribution is 5.68. The number of carbonyl (C=O) groups is 1. The van der Waals surface area contributed by atoms with Gasteiger partial charge in [0.25, 0.3) is 0 Å². The highest BCUT2D eigenvalue weighted by Gasteiger charge is 2.41. The first-order chi connectivity index (χ1) is 17.3. The van der Waals surface area contributed by atoms with Gasteiger partial charge in [-0.15, -0.1) is 0 Å². The summed E-state index contributed by atoms with van der Waals surface area (Å²) < 4.78 is 49.5. The van der Waals surface area contributed by atoms with Crippen LogP contribution in [0.15, 0.2) is 42.7 Å². The molecule has 0 bridgehead atoms. The van der Waals surface area contributed by atoms with Gasteiger partial charge < -0.3 is 15.4 Å². The van der Waals surface area contributed by atoms with Crippen LogP contribution in [-0.4, -0.2) is 49.0 Å². The Bertz CT molecular complexity index is 1380. The summed E-state index contributed by atoms with van der Waals surface area (Å²) >= 11 is 0. The average Bonchev–Trinajstić information content (AvgIpc) is 3.53. The summed E-state index contributed by atoms with van der Waals surface area (Å²) in [7, 11) is 0. The molecule has 1 fully saturated rings. The zero-order valence-corrected chi connectivity index (χ0v) is 19.5. The maximum absolute atomic E-state index is 15.1. The fourth-order valence-electron chi connectivity index (χ4n) is 4.35. The number of ether oxygens (including phenoxy) is 1. The molecule has 1 aromatic carbocycles. The molecule has 0 unspecified atom stereocenters. The van der Waals surface area contributed by atoms with E-state index in [2.05, 4.69) is 30.8 Å². The van der Waals surface area contributed by atoms with E-state index in [4.69, 9.17) is 4.74 Å². The molecule has 3 aromatic heterocycles. The fourth-order valence-corrected chi connectivity index (χ4v) is 4.35. The predicted molar refractivity (Wildman–Crippen MR) is 126 cm³/mol. The van der Waals surface area contributed by atoms with Crippen LogP contribution in [0.25, 0.3) is 16.9 Å². The van der Waals surface area contributed by atoms with Crippen LogP contribution in [-0.2, 0) is 4.74 Å². The molecule has 0 saturated heterocycles. The van der Waals surface area contributed by atoms with Crippen molar-refractivity contribution in [1.29, 1.82) is 0 Å². The number of anilines is 2. The van der Waals surface area contributed by atoms with Crippen molar-refractivity contribution in [3.63, 3.8) is 0 Å². The number of hydrogen-bond donors (Lipinski definition) is 3. The van der Waals surface area contributed by atoms with Crippen LogP contribution < -0.4 is 10.6 Å². The molecule has 4 aromatic rings. The second-order valence-electron chi connectivity index (χ2n) is 8.98. The Morgan fingerprint density at radius 2 is 1.94 bits per heavy atom. The van der Waals surface area contributed by atoms with E-state index < -0.39 is 35.9 Å². The molecule has 1 aliphatic rings. The Hall–Kier alpha value is -4.09. The normalized spacial score (nSPS) is 19.7. The molecule has 9 nitrogen and oxygen atoms in total. The van der Waals surface area contributed by atoms with E-state index in [1.807, 2.05) is 0 Å². The summed E-state index contributed by atoms with van der Waals surface area (Å²) in [6.45, 7) is 3.59. The fraction of sp³-hybridized carbons (Fsp3) is 0.333. The van der Waals surface area contributed by atoms with Gasteiger partial charge in [-0.05, 0) is 38.8 Å². The van der Waals surface area contributed by atoms with Crippen molar-refractivity contribution in [1.82, 2.24) is 29.9 Å². The van der Waals surface area contributed by atoms with Gasteiger partial charge in [0.2, 0.25) is 5.95 Å². The number of carbonyl (C=O) groups excluding carboxylic acids is 1. The van der Waals surface area contributed by atoms with Crippen LogP contribution >= 0.6 is 0 Å². The van der Waals surface area contributed by atoms with Gasteiger partial charge in [0.05, 0.1) is 5.69 Å². The van der Waals surface area contributed by atoms with E-state index in [-0.39, 0.29) is 11.6 Å². The SMILES string of the molecule is CC(C)NC(=O)O[C@@H]1CC[C@H](c2cc(Nc3nc(-c4cc(F)cc(F)c4)cc4nccn34)n[nH]2)[C@@H]1F. The maximum Gasteiger partial charge on any atom is 0.407 e. The van der Waals surface area contributed by atoms with Gasteiger partial charge in [-0.25, -0.2) is 27.9 Å². The van der Waals surface area contributed by atoms with Crippen LogP contribution in [0.4, 0.5) is 29.7 Å². The van der Waals surface area contributed by atoms with Gasteiger partial charge in [0.15, 0.2) is 5.82 Å². The van der Waals surface area contributed by atoms with Gasteiger partial charge in [-0.1, -0.05) is 0 Å². The number of aromatic amines is 1. The standard InChI is InChI=1S/C24H24F3N7O2/c1-12(2)29-24(35)36-19-4-3-16(22(19)27)18-10-20(33-32-18)31-23-30-17(11-21-28-5-6-34(21)23)13-7-14(25)9-15(26)8-13/h5-12,16,19,22H,3-4H2,1-2H3,(H,29,35)(H2,30,31,32,33)/t16-,19-,22+/m1/s1. The molecule has 1 saturated carbocycles. The van der Waals surface area contributed by atoms with E-state index >= 15 is 4.39 Å². The third-order valence-corrected chi connectivity index (χ3v) is 5.95. The summed E-state index contributed by atoms with van der Waals surface area (Å²) in [6.07, 6.45) is 1.24. The third kappa shape index (κ3) is 4.83. The van der Waals surface area contributed by atoms with Crippen molar-refractivity contribution >= 4 is 23.5 Å². The Labute approximate surface area is 204 Å². The number of aromatic nitrogens is 5. The summed E-state index contributed by atoms with van der Waals surface area (Å²) in [6, 6.07) is 6.31. The first kappa shape index (κ1) is 23.6. The molecule has 12 heteroatoms. The number of hydrogen-bond acceptors (Lipinski definition) is 6. The maximum atomic E-state index is 15.1. The molecule has 0 radical (unpaired) electrons. The van der Waals surface area contributed by atoms with E-state index in [0.29, 0.717) is 41.6 Å². The summed E-state index contributed by atoms with van der Waals surface area (Å²) in [4.78, 5) is 20.6. The summed E-state index contributed by atoms with van der Waals surface area (Å²) in [5, 5.41) is 12.7. The van der Waals surface area contributed by atoms with Crippen LogP contribution in [0, 0.1) is 11.6 Å². The van der Waals surface area contributed by atoms with Crippen LogP contribution in [0.3, 0.4) is 0 Å². The Kier molecular flexibility index (Phi) is 6.25. The lowest BCUT2D eigenvalue weighted by Gasteiger charge is -2.18. The predicted octanol–water partition coefficient (Wildman–Crippen LogP) is 4.86. The number of alkyl carbamates (subject to hydrolysis) is 1. The lowest BCUT2D eigenvalue weighted by molar-refractivity contribution is 0.0555. The van der Waals surface area contributed by atoms with E-state index in [1.54, 1.807) is 42.8 Å². The molecule has 5 rings (SSSR count). The number of nitrogens with zero attached hydrogens (tertiary/aromatic N) is 4. The first-order valence-electron chi connectivity index (χ1n) is 11.5. The van der Waals surface area contributed by atoms with Gasteiger partial charge in [-0.2, -0.15) is 5.10 Å². The highest BCUT2D eigenvalue weighted by atomic mass is 19.1. The number of alkyl halides is 1. The van der Waals surface area contributed by atoms with Crippen molar-refractivity contribution in [2.75, 3.05) is 5.32 Å². The zero-order valence-electron chi connectivity index (χ0n) is 19.5. The number of H-pyrrole nitrogens is 1. The third-order valence-electron chi connectivity index (χ3n) is 5.95. The molecule has 0 aliphatic heterocycles. The second kappa shape index (κ2) is 9.51. The molecule has 36 heavy (non-hydrogen) atoms. The van der Waals surface area contributed by atoms with Crippen LogP contribution in [0.2, 0.25) is 0 Å². The zero-order chi connectivity index (χ0) is 25.4. The molecule has 3 N–H and O–H groups in total. The number of nitrogens with one attached hydrogen (secondary N) is 3. The van der Waals surface area contributed by atoms with E-state index in [1.165, 1.54) is 12.1 Å². The quantitative estimate of drug-likeness (QED) is 0.350. The highest BCUT2D eigenvalue weighted by Crippen LogP contribution is 2.38. The molecule has 3 atom stereocenters. The van der Waals surface area contributed by atoms with Gasteiger partial charge >= 0.3 is 6.09 Å². The minimum absolute atomic E-state index is 0.108. The van der Waals surface area contributed by atoms with Crippen molar-refractivity contribution in [3.05, 3.63) is 60.1 Å². The van der Waals surface area contributed by atoms with Gasteiger partial charge in [-0.3, -0.25) is 9.50 Å². The van der Waals surface area contributed by atoms with E-state index in [0.717, 1.165) is 6.07 Å². The second-order valence-corrected chi connectivity index (χ2v) is 8.98. The van der Waals surface area contributed by atoms with Crippen molar-refractivity contribution in [3.8, 4) is 11.3 Å². The van der Waals surface area contributed by atoms with Gasteiger partial charge in [0.1, 0.15) is 29.6 Å². The Morgan fingerprint density at radius 3 is 2.69 bits per heavy atom. The molecule has 0 spiro atoms. The average molecular weight is 499 g/mol. The molecule has 3 heterocycles. The largest absolute Gasteiger partial charge is 0.443 e. The smallest absolute Gasteiger partial charge is 0.407 e. The summed E-state index contributed by atoms with van der Waals surface area (Å²) in [5.74, 6) is -1.29. The molecule has 1 aliphatic carbocycles. The van der Waals surface area contributed by atoms with Crippen molar-refractivity contribution in [2.24, 2.45) is 0 Å². The molecule has 1 amide bonds. The van der Waals surface area contributed by atoms with Crippen molar-refractivity contribution in [2.45, 2.75) is 50.9 Å². The first-order valence-corrected chi connectivity index (χ1v) is 11.5. The minimum Gasteiger partial charge on any atom is -0.443 e. The minimum atomic E-state index is -1.39. The van der Waals surface area contributed by atoms with Crippen molar-refractivity contribution < 1.29 is 22.7 Å². The number of fused-ring (bicyclic) bond motifs is 1. The lowest BCUT2D eigenvalue weighted by Crippen LogP contribution is -2.36. The van der Waals surface area contributed by atoms with Gasteiger partial charge in [0, 0.05) is 53.8 Å². The molecule has 188 valence electrons. The number of rotatable bonds is 6. The number of amides is 1. The summed E-state index contributed by atoms with van der Waals surface area (Å²) in [5.41, 5.74) is 1.61. The Morgan fingerprint density at radius 1 is 1.17 bits per heavy atom. The topological polar surface area (TPSA) is 109 Å². The molecular formula is C24H24F3N7O2. The number of benzene rings is 1. The number of halogens is 3. The van der Waals surface area contributed by atoms with Crippen LogP contribution in [0.5, 0.6) is 0 Å². The van der Waals surface area contributed by atoms with E-state index in [9.17, 15) is 13.6 Å². The molecular weight excluding hydrogens is 475 g/mol. The lowest BCUT2D eigenvalue weighted by atomic mass is 10.0. The number of imidazole rings is 1. The Balaban J connectivity index is 1.36. The monoisotopic (exact) mass is 499 g/mol.